The molecule has 6 heteroatoms. The maximum absolute atomic E-state index is 11.7. The number of hydrogen-bond acceptors (Lipinski definition) is 3. The van der Waals surface area contributed by atoms with Gasteiger partial charge >= 0.3 is 0 Å². The molecule has 18 heavy (non-hydrogen) atoms. The minimum Gasteiger partial charge on any atom is -0.324 e. The van der Waals surface area contributed by atoms with Crippen LogP contribution in [0.15, 0.2) is 22.7 Å². The third-order valence-electron chi connectivity index (χ3n) is 2.66. The van der Waals surface area contributed by atoms with Gasteiger partial charge in [0, 0.05) is 4.47 Å². The van der Waals surface area contributed by atoms with Gasteiger partial charge in [0.05, 0.1) is 16.5 Å². The highest BCUT2D eigenvalue weighted by atomic mass is 79.9. The lowest BCUT2D eigenvalue weighted by molar-refractivity contribution is -0.113. The first-order valence-corrected chi connectivity index (χ1v) is 8.01. The Labute approximate surface area is 124 Å². The van der Waals surface area contributed by atoms with Crippen molar-refractivity contribution >= 4 is 50.9 Å². The smallest absolute Gasteiger partial charge is 0.234 e. The molecule has 1 aromatic rings. The zero-order valence-electron chi connectivity index (χ0n) is 9.71. The van der Waals surface area contributed by atoms with Gasteiger partial charge in [-0.05, 0) is 43.0 Å². The fourth-order valence-electron chi connectivity index (χ4n) is 1.56. The van der Waals surface area contributed by atoms with Crippen LogP contribution in [0, 0.1) is 5.92 Å². The summed E-state index contributed by atoms with van der Waals surface area (Å²) in [5, 5.41) is 6.58. The number of rotatable bonds is 5. The van der Waals surface area contributed by atoms with Crippen LogP contribution in [-0.4, -0.2) is 30.5 Å². The van der Waals surface area contributed by atoms with Crippen molar-refractivity contribution in [3.05, 3.63) is 27.7 Å². The van der Waals surface area contributed by atoms with E-state index in [1.165, 1.54) is 0 Å². The van der Waals surface area contributed by atoms with Crippen LogP contribution in [0.2, 0.25) is 5.02 Å². The monoisotopic (exact) mass is 348 g/mol. The number of hydrogen-bond donors (Lipinski definition) is 2. The van der Waals surface area contributed by atoms with Gasteiger partial charge in [0.1, 0.15) is 0 Å². The normalized spacial score (nSPS) is 15.2. The molecule has 0 aliphatic carbocycles. The Morgan fingerprint density at radius 1 is 1.56 bits per heavy atom. The maximum atomic E-state index is 11.7. The highest BCUT2D eigenvalue weighted by Gasteiger charge is 2.16. The SMILES string of the molecule is O=C(CSCC1CNC1)Nc1ccc(Br)cc1Cl. The van der Waals surface area contributed by atoms with Gasteiger partial charge < -0.3 is 10.6 Å². The molecule has 3 nitrogen and oxygen atoms in total. The summed E-state index contributed by atoms with van der Waals surface area (Å²) in [4.78, 5) is 11.7. The van der Waals surface area contributed by atoms with Crippen molar-refractivity contribution in [2.45, 2.75) is 0 Å². The van der Waals surface area contributed by atoms with Gasteiger partial charge in [-0.3, -0.25) is 4.79 Å². The maximum Gasteiger partial charge on any atom is 0.234 e. The Kier molecular flexibility index (Phi) is 5.36. The van der Waals surface area contributed by atoms with Gasteiger partial charge in [-0.2, -0.15) is 11.8 Å². The highest BCUT2D eigenvalue weighted by Crippen LogP contribution is 2.25. The Morgan fingerprint density at radius 2 is 2.33 bits per heavy atom. The molecule has 1 aromatic carbocycles. The summed E-state index contributed by atoms with van der Waals surface area (Å²) in [5.74, 6) is 2.23. The molecule has 0 radical (unpaired) electrons. The first kappa shape index (κ1) is 14.2. The van der Waals surface area contributed by atoms with Crippen LogP contribution in [0.4, 0.5) is 5.69 Å². The lowest BCUT2D eigenvalue weighted by Gasteiger charge is -2.26. The van der Waals surface area contributed by atoms with Crippen LogP contribution in [0.25, 0.3) is 0 Å². The van der Waals surface area contributed by atoms with E-state index in [9.17, 15) is 4.79 Å². The van der Waals surface area contributed by atoms with Gasteiger partial charge in [-0.25, -0.2) is 0 Å². The largest absolute Gasteiger partial charge is 0.324 e. The zero-order chi connectivity index (χ0) is 13.0. The molecule has 1 saturated heterocycles. The molecule has 0 bridgehead atoms. The van der Waals surface area contributed by atoms with Gasteiger partial charge in [-0.15, -0.1) is 0 Å². The van der Waals surface area contributed by atoms with E-state index < -0.39 is 0 Å². The van der Waals surface area contributed by atoms with E-state index in [1.54, 1.807) is 23.9 Å². The second-order valence-corrected chi connectivity index (χ2v) is 6.56. The van der Waals surface area contributed by atoms with Gasteiger partial charge in [0.15, 0.2) is 0 Å². The number of nitrogens with one attached hydrogen (secondary N) is 2. The van der Waals surface area contributed by atoms with Crippen LogP contribution < -0.4 is 10.6 Å². The summed E-state index contributed by atoms with van der Waals surface area (Å²) in [7, 11) is 0. The summed E-state index contributed by atoms with van der Waals surface area (Å²) in [6.45, 7) is 2.15. The fourth-order valence-corrected chi connectivity index (χ4v) is 3.23. The van der Waals surface area contributed by atoms with Gasteiger partial charge in [0.25, 0.3) is 0 Å². The average molecular weight is 350 g/mol. The molecule has 1 aliphatic rings. The van der Waals surface area contributed by atoms with Crippen molar-refractivity contribution in [1.82, 2.24) is 5.32 Å². The second kappa shape index (κ2) is 6.80. The molecular weight excluding hydrogens is 336 g/mol. The predicted octanol–water partition coefficient (Wildman–Crippen LogP) is 2.99. The summed E-state index contributed by atoms with van der Waals surface area (Å²) >= 11 is 11.0. The molecular formula is C12H14BrClN2OS. The van der Waals surface area contributed by atoms with Crippen LogP contribution in [0.3, 0.4) is 0 Å². The summed E-state index contributed by atoms with van der Waals surface area (Å²) < 4.78 is 0.900. The van der Waals surface area contributed by atoms with E-state index in [1.807, 2.05) is 6.07 Å². The summed E-state index contributed by atoms with van der Waals surface area (Å²) in [6, 6.07) is 5.42. The predicted molar refractivity (Wildman–Crippen MR) is 81.5 cm³/mol. The highest BCUT2D eigenvalue weighted by molar-refractivity contribution is 9.10. The summed E-state index contributed by atoms with van der Waals surface area (Å²) in [6.07, 6.45) is 0. The number of halogens is 2. The number of anilines is 1. The minimum absolute atomic E-state index is 0.00324. The number of carbonyl (C=O) groups excluding carboxylic acids is 1. The van der Waals surface area contributed by atoms with Crippen molar-refractivity contribution in [2.24, 2.45) is 5.92 Å². The van der Waals surface area contributed by atoms with E-state index in [4.69, 9.17) is 11.6 Å². The number of amides is 1. The van der Waals surface area contributed by atoms with E-state index in [0.717, 1.165) is 29.2 Å². The van der Waals surface area contributed by atoms with E-state index in [-0.39, 0.29) is 5.91 Å². The lowest BCUT2D eigenvalue weighted by Crippen LogP contribution is -2.43. The van der Waals surface area contributed by atoms with E-state index in [2.05, 4.69) is 26.6 Å². The van der Waals surface area contributed by atoms with E-state index in [0.29, 0.717) is 16.5 Å². The lowest BCUT2D eigenvalue weighted by atomic mass is 10.1. The van der Waals surface area contributed by atoms with Gasteiger partial charge in [0.2, 0.25) is 5.91 Å². The number of carbonyl (C=O) groups is 1. The molecule has 0 aromatic heterocycles. The van der Waals surface area contributed by atoms with Crippen molar-refractivity contribution < 1.29 is 4.79 Å². The van der Waals surface area contributed by atoms with Crippen molar-refractivity contribution in [3.8, 4) is 0 Å². The van der Waals surface area contributed by atoms with Crippen LogP contribution in [-0.2, 0) is 4.79 Å². The third kappa shape index (κ3) is 4.16. The van der Waals surface area contributed by atoms with Crippen LogP contribution >= 0.6 is 39.3 Å². The van der Waals surface area contributed by atoms with Crippen molar-refractivity contribution in [3.63, 3.8) is 0 Å². The summed E-state index contributed by atoms with van der Waals surface area (Å²) in [5.41, 5.74) is 0.663. The topological polar surface area (TPSA) is 41.1 Å². The fraction of sp³-hybridized carbons (Fsp3) is 0.417. The Hall–Kier alpha value is -0.230. The molecule has 1 heterocycles. The molecule has 0 atom stereocenters. The first-order valence-electron chi connectivity index (χ1n) is 5.68. The average Bonchev–Trinajstić information content (AvgIpc) is 2.26. The minimum atomic E-state index is -0.00324. The quantitative estimate of drug-likeness (QED) is 0.858. The van der Waals surface area contributed by atoms with Crippen LogP contribution in [0.1, 0.15) is 0 Å². The van der Waals surface area contributed by atoms with Crippen molar-refractivity contribution in [1.29, 1.82) is 0 Å². The molecule has 2 N–H and O–H groups in total. The molecule has 98 valence electrons. The van der Waals surface area contributed by atoms with E-state index >= 15 is 0 Å². The molecule has 0 spiro atoms. The number of thioether (sulfide) groups is 1. The third-order valence-corrected chi connectivity index (χ3v) is 4.64. The molecule has 1 fully saturated rings. The van der Waals surface area contributed by atoms with Gasteiger partial charge in [-0.1, -0.05) is 27.5 Å². The molecule has 2 rings (SSSR count). The number of benzene rings is 1. The van der Waals surface area contributed by atoms with Crippen LogP contribution in [0.5, 0.6) is 0 Å². The molecule has 1 amide bonds. The standard InChI is InChI=1S/C12H14BrClN2OS/c13-9-1-2-11(10(14)3-9)16-12(17)7-18-6-8-4-15-5-8/h1-3,8,15H,4-7H2,(H,16,17). The molecule has 1 aliphatic heterocycles. The Balaban J connectivity index is 1.75. The zero-order valence-corrected chi connectivity index (χ0v) is 12.9. The first-order chi connectivity index (χ1) is 8.65. The second-order valence-electron chi connectivity index (χ2n) is 4.21. The van der Waals surface area contributed by atoms with Crippen molar-refractivity contribution in [2.75, 3.05) is 29.9 Å². The molecule has 0 saturated carbocycles. The Morgan fingerprint density at radius 3 is 2.94 bits per heavy atom. The Bertz CT molecular complexity index is 440. The molecule has 0 unspecified atom stereocenters.